The highest BCUT2D eigenvalue weighted by molar-refractivity contribution is 6.04. The zero-order valence-corrected chi connectivity index (χ0v) is 35.4. The summed E-state index contributed by atoms with van der Waals surface area (Å²) in [5.41, 5.74) is 7.71. The highest BCUT2D eigenvalue weighted by Crippen LogP contribution is 2.27. The van der Waals surface area contributed by atoms with Crippen LogP contribution in [0.15, 0.2) is 58.5 Å². The lowest BCUT2D eigenvalue weighted by Gasteiger charge is -2.30. The number of nitrogens with two attached hydrogens (primary N) is 1. The number of hydrogen-bond donors (Lipinski definition) is 3. The van der Waals surface area contributed by atoms with Gasteiger partial charge in [-0.15, -0.1) is 9.98 Å². The van der Waals surface area contributed by atoms with Gasteiger partial charge in [-0.2, -0.15) is 0 Å². The van der Waals surface area contributed by atoms with Crippen LogP contribution in [0.2, 0.25) is 0 Å². The van der Waals surface area contributed by atoms with E-state index in [4.69, 9.17) is 24.7 Å². The first kappa shape index (κ1) is 44.8. The maximum absolute atomic E-state index is 13.3. The van der Waals surface area contributed by atoms with Gasteiger partial charge in [0.15, 0.2) is 0 Å². The van der Waals surface area contributed by atoms with Gasteiger partial charge in [0.05, 0.1) is 6.42 Å². The molecule has 0 aliphatic carbocycles. The third-order valence-electron chi connectivity index (χ3n) is 8.30. The first-order chi connectivity index (χ1) is 26.7. The number of nitrogens with zero attached hydrogens (tertiary/aromatic N) is 4. The van der Waals surface area contributed by atoms with Crippen molar-refractivity contribution in [2.45, 2.75) is 124 Å². The second-order valence-corrected chi connectivity index (χ2v) is 17.7. The molecule has 4 rings (SSSR count). The van der Waals surface area contributed by atoms with Crippen LogP contribution in [0.5, 0.6) is 0 Å². The Kier molecular flexibility index (Phi) is 13.7. The molecule has 0 atom stereocenters. The minimum atomic E-state index is -1.16. The van der Waals surface area contributed by atoms with Gasteiger partial charge < -0.3 is 39.8 Å². The van der Waals surface area contributed by atoms with E-state index in [1.807, 2.05) is 30.3 Å². The van der Waals surface area contributed by atoms with E-state index in [1.54, 1.807) is 104 Å². The van der Waals surface area contributed by atoms with Crippen molar-refractivity contribution in [2.24, 2.45) is 15.7 Å². The van der Waals surface area contributed by atoms with Crippen molar-refractivity contribution in [3.05, 3.63) is 70.8 Å². The number of nitrogens with one attached hydrogen (secondary N) is 2. The van der Waals surface area contributed by atoms with Crippen LogP contribution < -0.4 is 16.4 Å². The summed E-state index contributed by atoms with van der Waals surface area (Å²) in [7, 11) is 0. The molecule has 314 valence electrons. The Morgan fingerprint density at radius 1 is 0.724 bits per heavy atom. The van der Waals surface area contributed by atoms with Crippen molar-refractivity contribution >= 4 is 53.3 Å². The molecular formula is C42H57N7O9. The standard InChI is InChI=1S/C42H57N7O9/c1-39(2,3)55-32(50)23-42(10,11)58-36(52)45-34(43)49-24-29-16-17-31(22-30(29)25-49)44-33(51)28-14-12-26(13-15-28)27-18-20-48(21-19-27)35(46-37(53)56-40(4,5)6)47-38(54)57-41(7,8)9/h12-18,22H,19-21,23-25H2,1-11H3,(H,44,51)(H2,43,45,52)(H,46,47,53,54). The molecule has 2 aromatic carbocycles. The van der Waals surface area contributed by atoms with Gasteiger partial charge in [-0.3, -0.25) is 14.9 Å². The summed E-state index contributed by atoms with van der Waals surface area (Å²) in [6.07, 6.45) is -0.101. The molecule has 0 saturated carbocycles. The van der Waals surface area contributed by atoms with Crippen molar-refractivity contribution in [2.75, 3.05) is 18.4 Å². The van der Waals surface area contributed by atoms with Crippen LogP contribution in [-0.2, 0) is 36.8 Å². The molecule has 0 spiro atoms. The zero-order chi connectivity index (χ0) is 43.2. The lowest BCUT2D eigenvalue weighted by molar-refractivity contribution is -0.159. The normalized spacial score (nSPS) is 15.2. The molecule has 0 aromatic heterocycles. The zero-order valence-electron chi connectivity index (χ0n) is 35.4. The molecule has 2 aromatic rings. The predicted octanol–water partition coefficient (Wildman–Crippen LogP) is 7.12. The van der Waals surface area contributed by atoms with E-state index in [0.29, 0.717) is 43.9 Å². The van der Waals surface area contributed by atoms with Gasteiger partial charge in [-0.25, -0.2) is 14.4 Å². The minimum absolute atomic E-state index is 0.0271. The van der Waals surface area contributed by atoms with Crippen molar-refractivity contribution in [1.82, 2.24) is 15.1 Å². The maximum Gasteiger partial charge on any atom is 0.437 e. The van der Waals surface area contributed by atoms with Crippen LogP contribution in [0.25, 0.3) is 5.57 Å². The number of ether oxygens (including phenoxy) is 4. The van der Waals surface area contributed by atoms with Crippen LogP contribution in [0.4, 0.5) is 20.1 Å². The van der Waals surface area contributed by atoms with E-state index < -0.39 is 46.7 Å². The number of amides is 4. The quantitative estimate of drug-likeness (QED) is 0.116. The molecule has 16 heteroatoms. The van der Waals surface area contributed by atoms with Crippen molar-refractivity contribution in [1.29, 1.82) is 0 Å². The Balaban J connectivity index is 1.34. The number of benzene rings is 2. The van der Waals surface area contributed by atoms with Crippen LogP contribution in [0.1, 0.15) is 116 Å². The Hall–Kier alpha value is -5.93. The molecule has 0 radical (unpaired) electrons. The Morgan fingerprint density at radius 2 is 1.33 bits per heavy atom. The molecule has 0 saturated heterocycles. The molecule has 2 aliphatic rings. The first-order valence-electron chi connectivity index (χ1n) is 19.1. The summed E-state index contributed by atoms with van der Waals surface area (Å²) in [6, 6.07) is 12.8. The Bertz CT molecular complexity index is 1980. The summed E-state index contributed by atoms with van der Waals surface area (Å²) < 4.78 is 21.5. The van der Waals surface area contributed by atoms with Crippen LogP contribution in [0.3, 0.4) is 0 Å². The number of carbonyl (C=O) groups is 5. The lowest BCUT2D eigenvalue weighted by atomic mass is 9.98. The summed E-state index contributed by atoms with van der Waals surface area (Å²) in [6.45, 7) is 20.4. The van der Waals surface area contributed by atoms with Crippen molar-refractivity contribution in [3.8, 4) is 0 Å². The summed E-state index contributed by atoms with van der Waals surface area (Å²) in [5, 5.41) is 5.54. The molecule has 4 N–H and O–H groups in total. The van der Waals surface area contributed by atoms with Crippen LogP contribution in [-0.4, -0.2) is 87.4 Å². The third kappa shape index (κ3) is 14.2. The van der Waals surface area contributed by atoms with E-state index in [9.17, 15) is 24.0 Å². The fraction of sp³-hybridized carbons (Fsp3) is 0.500. The Labute approximate surface area is 340 Å². The number of alkyl carbamates (subject to hydrolysis) is 1. The van der Waals surface area contributed by atoms with Gasteiger partial charge in [0.25, 0.3) is 5.91 Å². The van der Waals surface area contributed by atoms with Gasteiger partial charge in [0, 0.05) is 37.4 Å². The number of anilines is 1. The fourth-order valence-corrected chi connectivity index (χ4v) is 5.93. The van der Waals surface area contributed by atoms with Gasteiger partial charge in [-0.1, -0.05) is 24.3 Å². The molecule has 2 heterocycles. The SMILES string of the molecule is CC(C)(C)OC(=O)CC(C)(C)OC(=O)N=C(N)N1Cc2ccc(NC(=O)c3ccc(C4=CCN(C(=NC(=O)OC(C)(C)C)NC(=O)OC(C)(C)C)CC4)cc3)cc2C1. The Morgan fingerprint density at radius 3 is 1.91 bits per heavy atom. The van der Waals surface area contributed by atoms with Crippen LogP contribution in [0, 0.1) is 0 Å². The average Bonchev–Trinajstić information content (AvgIpc) is 3.49. The van der Waals surface area contributed by atoms with E-state index in [0.717, 1.165) is 22.3 Å². The maximum atomic E-state index is 13.3. The number of esters is 1. The summed E-state index contributed by atoms with van der Waals surface area (Å²) >= 11 is 0. The summed E-state index contributed by atoms with van der Waals surface area (Å²) in [4.78, 5) is 74.7. The first-order valence-corrected chi connectivity index (χ1v) is 19.1. The predicted molar refractivity (Wildman–Crippen MR) is 220 cm³/mol. The summed E-state index contributed by atoms with van der Waals surface area (Å²) in [5.74, 6) is -0.800. The average molecular weight is 804 g/mol. The van der Waals surface area contributed by atoms with Gasteiger partial charge >= 0.3 is 24.2 Å². The minimum Gasteiger partial charge on any atom is -0.460 e. The number of guanidine groups is 2. The molecule has 0 fully saturated rings. The monoisotopic (exact) mass is 803 g/mol. The van der Waals surface area contributed by atoms with E-state index in [-0.39, 0.29) is 24.2 Å². The number of hydrogen-bond acceptors (Lipinski definition) is 9. The number of carbonyl (C=O) groups excluding carboxylic acids is 5. The van der Waals surface area contributed by atoms with Crippen LogP contribution >= 0.6 is 0 Å². The highest BCUT2D eigenvalue weighted by atomic mass is 16.6. The molecule has 2 aliphatic heterocycles. The van der Waals surface area contributed by atoms with E-state index in [1.165, 1.54) is 0 Å². The number of rotatable bonds is 6. The molecule has 16 nitrogen and oxygen atoms in total. The third-order valence-corrected chi connectivity index (χ3v) is 8.30. The molecule has 0 unspecified atom stereocenters. The van der Waals surface area contributed by atoms with Crippen molar-refractivity contribution < 1.29 is 42.9 Å². The molecule has 0 bridgehead atoms. The second kappa shape index (κ2) is 17.7. The van der Waals surface area contributed by atoms with Gasteiger partial charge in [-0.05, 0) is 129 Å². The molecule has 4 amide bonds. The largest absolute Gasteiger partial charge is 0.460 e. The second-order valence-electron chi connectivity index (χ2n) is 17.7. The van der Waals surface area contributed by atoms with Gasteiger partial charge in [0.2, 0.25) is 11.9 Å². The molecule has 58 heavy (non-hydrogen) atoms. The van der Waals surface area contributed by atoms with Crippen molar-refractivity contribution in [3.63, 3.8) is 0 Å². The molecular weight excluding hydrogens is 747 g/mol. The van der Waals surface area contributed by atoms with Gasteiger partial charge in [0.1, 0.15) is 22.4 Å². The fourth-order valence-electron chi connectivity index (χ4n) is 5.93. The lowest BCUT2D eigenvalue weighted by Crippen LogP contribution is -2.48. The number of aliphatic imine (C=N–C) groups is 2. The number of fused-ring (bicyclic) bond motifs is 1. The van der Waals surface area contributed by atoms with E-state index in [2.05, 4.69) is 20.6 Å². The smallest absolute Gasteiger partial charge is 0.437 e. The highest BCUT2D eigenvalue weighted by Gasteiger charge is 2.31. The topological polar surface area (TPSA) is 204 Å². The van der Waals surface area contributed by atoms with E-state index >= 15 is 0 Å².